The van der Waals surface area contributed by atoms with Crippen LogP contribution >= 0.6 is 11.6 Å². The van der Waals surface area contributed by atoms with E-state index in [1.165, 1.54) is 17.0 Å². The third-order valence-electron chi connectivity index (χ3n) is 3.61. The van der Waals surface area contributed by atoms with Crippen molar-refractivity contribution in [2.45, 2.75) is 32.5 Å². The van der Waals surface area contributed by atoms with Crippen LogP contribution < -0.4 is 4.90 Å². The van der Waals surface area contributed by atoms with E-state index in [0.29, 0.717) is 25.3 Å². The zero-order valence-electron chi connectivity index (χ0n) is 12.7. The first-order valence-corrected chi connectivity index (χ1v) is 8.07. The van der Waals surface area contributed by atoms with Gasteiger partial charge in [0.2, 0.25) is 5.91 Å². The van der Waals surface area contributed by atoms with E-state index in [1.54, 1.807) is 6.07 Å². The summed E-state index contributed by atoms with van der Waals surface area (Å²) in [6.07, 6.45) is 2.02. The molecule has 1 heterocycles. The van der Waals surface area contributed by atoms with Gasteiger partial charge < -0.3 is 14.4 Å². The van der Waals surface area contributed by atoms with Gasteiger partial charge >= 0.3 is 0 Å². The smallest absolute Gasteiger partial charge is 0.242 e. The first kappa shape index (κ1) is 17.2. The minimum absolute atomic E-state index is 0.146. The molecule has 0 radical (unpaired) electrons. The Hall–Kier alpha value is -1.17. The number of benzene rings is 1. The number of carbonyl (C=O) groups is 1. The zero-order valence-corrected chi connectivity index (χ0v) is 13.4. The van der Waals surface area contributed by atoms with Gasteiger partial charge in [-0.1, -0.05) is 6.92 Å². The van der Waals surface area contributed by atoms with Crippen molar-refractivity contribution >= 4 is 23.2 Å². The highest BCUT2D eigenvalue weighted by Gasteiger charge is 2.24. The highest BCUT2D eigenvalue weighted by atomic mass is 35.5. The number of anilines is 1. The molecule has 6 heteroatoms. The SMILES string of the molecule is CCc1cc(F)ccc1N(CC1OCCCCO1)C(=O)CCl. The van der Waals surface area contributed by atoms with Gasteiger partial charge in [0.15, 0.2) is 6.29 Å². The van der Waals surface area contributed by atoms with Crippen LogP contribution in [0.1, 0.15) is 25.3 Å². The van der Waals surface area contributed by atoms with Crippen LogP contribution in [0.15, 0.2) is 18.2 Å². The van der Waals surface area contributed by atoms with E-state index in [0.717, 1.165) is 18.4 Å². The summed E-state index contributed by atoms with van der Waals surface area (Å²) in [4.78, 5) is 13.7. The van der Waals surface area contributed by atoms with E-state index in [4.69, 9.17) is 21.1 Å². The Morgan fingerprint density at radius 3 is 2.64 bits per heavy atom. The average Bonchev–Trinajstić information content (AvgIpc) is 2.80. The topological polar surface area (TPSA) is 38.8 Å². The molecular formula is C16H21ClFNO3. The summed E-state index contributed by atoms with van der Waals surface area (Å²) in [6.45, 7) is 3.39. The molecule has 1 aromatic carbocycles. The monoisotopic (exact) mass is 329 g/mol. The molecule has 0 aromatic heterocycles. The van der Waals surface area contributed by atoms with Gasteiger partial charge in [0.05, 0.1) is 6.54 Å². The Labute approximate surface area is 135 Å². The van der Waals surface area contributed by atoms with Gasteiger partial charge in [-0.25, -0.2) is 4.39 Å². The lowest BCUT2D eigenvalue weighted by Gasteiger charge is -2.28. The van der Waals surface area contributed by atoms with Gasteiger partial charge in [-0.05, 0) is 43.0 Å². The molecule has 1 aliphatic rings. The van der Waals surface area contributed by atoms with Crippen LogP contribution in [0.4, 0.5) is 10.1 Å². The average molecular weight is 330 g/mol. The van der Waals surface area contributed by atoms with Gasteiger partial charge in [0.25, 0.3) is 0 Å². The van der Waals surface area contributed by atoms with Crippen LogP contribution in [0.3, 0.4) is 0 Å². The quantitative estimate of drug-likeness (QED) is 0.779. The zero-order chi connectivity index (χ0) is 15.9. The summed E-state index contributed by atoms with van der Waals surface area (Å²) < 4.78 is 24.6. The van der Waals surface area contributed by atoms with Crippen molar-refractivity contribution in [3.8, 4) is 0 Å². The lowest BCUT2D eigenvalue weighted by Crippen LogP contribution is -2.41. The molecule has 4 nitrogen and oxygen atoms in total. The fraction of sp³-hybridized carbons (Fsp3) is 0.562. The number of nitrogens with zero attached hydrogens (tertiary/aromatic N) is 1. The Morgan fingerprint density at radius 2 is 2.05 bits per heavy atom. The molecule has 22 heavy (non-hydrogen) atoms. The molecule has 0 atom stereocenters. The maximum Gasteiger partial charge on any atom is 0.242 e. The minimum atomic E-state index is -0.482. The van der Waals surface area contributed by atoms with Gasteiger partial charge in [-0.3, -0.25) is 4.79 Å². The largest absolute Gasteiger partial charge is 0.351 e. The van der Waals surface area contributed by atoms with E-state index < -0.39 is 6.29 Å². The molecule has 0 spiro atoms. The third-order valence-corrected chi connectivity index (χ3v) is 3.84. The van der Waals surface area contributed by atoms with Gasteiger partial charge in [-0.2, -0.15) is 0 Å². The van der Waals surface area contributed by atoms with E-state index in [1.807, 2.05) is 6.92 Å². The van der Waals surface area contributed by atoms with Crippen molar-refractivity contribution in [2.75, 3.05) is 30.5 Å². The van der Waals surface area contributed by atoms with Crippen LogP contribution in [0.2, 0.25) is 0 Å². The molecule has 1 fully saturated rings. The lowest BCUT2D eigenvalue weighted by atomic mass is 10.1. The first-order valence-electron chi connectivity index (χ1n) is 7.53. The van der Waals surface area contributed by atoms with Gasteiger partial charge in [0.1, 0.15) is 11.7 Å². The number of hydrogen-bond donors (Lipinski definition) is 0. The van der Waals surface area contributed by atoms with Crippen LogP contribution in [-0.4, -0.2) is 37.8 Å². The number of alkyl halides is 1. The molecule has 2 rings (SSSR count). The second kappa shape index (κ2) is 8.46. The molecule has 0 N–H and O–H groups in total. The molecule has 0 bridgehead atoms. The number of halogens is 2. The van der Waals surface area contributed by atoms with Crippen molar-refractivity contribution in [1.82, 2.24) is 0 Å². The fourth-order valence-corrected chi connectivity index (χ4v) is 2.59. The first-order chi connectivity index (χ1) is 10.7. The Balaban J connectivity index is 2.23. The fourth-order valence-electron chi connectivity index (χ4n) is 2.44. The van der Waals surface area contributed by atoms with E-state index in [2.05, 4.69) is 0 Å². The molecule has 122 valence electrons. The molecule has 1 saturated heterocycles. The number of ether oxygens (including phenoxy) is 2. The third kappa shape index (κ3) is 4.41. The van der Waals surface area contributed by atoms with Crippen molar-refractivity contribution in [1.29, 1.82) is 0 Å². The minimum Gasteiger partial charge on any atom is -0.351 e. The molecule has 0 saturated carbocycles. The number of rotatable bonds is 5. The highest BCUT2D eigenvalue weighted by Crippen LogP contribution is 2.24. The second-order valence-corrected chi connectivity index (χ2v) is 5.41. The van der Waals surface area contributed by atoms with Crippen LogP contribution in [0.5, 0.6) is 0 Å². The van der Waals surface area contributed by atoms with Crippen molar-refractivity contribution in [3.05, 3.63) is 29.6 Å². The van der Waals surface area contributed by atoms with Crippen molar-refractivity contribution in [3.63, 3.8) is 0 Å². The number of aryl methyl sites for hydroxylation is 1. The molecular weight excluding hydrogens is 309 g/mol. The standard InChI is InChI=1S/C16H21ClFNO3/c1-2-12-9-13(18)5-6-14(12)19(15(20)10-17)11-16-21-7-3-4-8-22-16/h5-6,9,16H,2-4,7-8,10-11H2,1H3. The maximum atomic E-state index is 13.4. The summed E-state index contributed by atoms with van der Waals surface area (Å²) in [5.41, 5.74) is 1.41. The Kier molecular flexibility index (Phi) is 6.61. The highest BCUT2D eigenvalue weighted by molar-refractivity contribution is 6.29. The van der Waals surface area contributed by atoms with Crippen molar-refractivity contribution < 1.29 is 18.7 Å². The van der Waals surface area contributed by atoms with Gasteiger partial charge in [0, 0.05) is 18.9 Å². The van der Waals surface area contributed by atoms with E-state index >= 15 is 0 Å². The number of carbonyl (C=O) groups excluding carboxylic acids is 1. The van der Waals surface area contributed by atoms with E-state index in [-0.39, 0.29) is 24.1 Å². The predicted octanol–water partition coefficient (Wildman–Crippen LogP) is 3.11. The lowest BCUT2D eigenvalue weighted by molar-refractivity contribution is -0.128. The normalized spacial score (nSPS) is 16.3. The van der Waals surface area contributed by atoms with Crippen molar-refractivity contribution in [2.24, 2.45) is 0 Å². The van der Waals surface area contributed by atoms with Crippen LogP contribution in [0.25, 0.3) is 0 Å². The molecule has 1 aliphatic heterocycles. The Morgan fingerprint density at radius 1 is 1.36 bits per heavy atom. The predicted molar refractivity (Wildman–Crippen MR) is 83.8 cm³/mol. The second-order valence-electron chi connectivity index (χ2n) is 5.14. The van der Waals surface area contributed by atoms with Gasteiger partial charge in [-0.15, -0.1) is 11.6 Å². The maximum absolute atomic E-state index is 13.4. The summed E-state index contributed by atoms with van der Waals surface area (Å²) in [5, 5.41) is 0. The molecule has 0 aliphatic carbocycles. The van der Waals surface area contributed by atoms with Crippen LogP contribution in [0, 0.1) is 5.82 Å². The number of amides is 1. The molecule has 1 amide bonds. The summed E-state index contributed by atoms with van der Waals surface area (Å²) in [7, 11) is 0. The molecule has 0 unspecified atom stereocenters. The summed E-state index contributed by atoms with van der Waals surface area (Å²) in [6, 6.07) is 4.39. The Bertz CT molecular complexity index is 504. The van der Waals surface area contributed by atoms with Crippen LogP contribution in [-0.2, 0) is 20.7 Å². The molecule has 1 aromatic rings. The summed E-state index contributed by atoms with van der Waals surface area (Å²) in [5.74, 6) is -0.715. The number of hydrogen-bond acceptors (Lipinski definition) is 3. The summed E-state index contributed by atoms with van der Waals surface area (Å²) >= 11 is 5.73. The van der Waals surface area contributed by atoms with E-state index in [9.17, 15) is 9.18 Å².